The molecule has 0 saturated heterocycles. The standard InChI is InChI=1S/C16H21NO4/c1-21-13-7-4-12(5-8-13)6-9-14(18)17-16(15(19)20)10-2-3-11-16/h4-5,7-8H,2-3,6,9-11H2,1H3,(H,17,18)(H,19,20). The third-order valence-corrected chi connectivity index (χ3v) is 4.04. The smallest absolute Gasteiger partial charge is 0.329 e. The van der Waals surface area contributed by atoms with Crippen LogP contribution in [0.2, 0.25) is 0 Å². The Hall–Kier alpha value is -2.04. The molecule has 2 rings (SSSR count). The predicted molar refractivity (Wildman–Crippen MR) is 78.3 cm³/mol. The summed E-state index contributed by atoms with van der Waals surface area (Å²) in [5, 5.41) is 12.0. The molecule has 1 aliphatic rings. The van der Waals surface area contributed by atoms with Crippen LogP contribution in [0.15, 0.2) is 24.3 Å². The number of aliphatic carboxylic acids is 1. The highest BCUT2D eigenvalue weighted by molar-refractivity contribution is 5.87. The Kier molecular flexibility index (Phi) is 4.83. The first-order valence-corrected chi connectivity index (χ1v) is 7.23. The lowest BCUT2D eigenvalue weighted by atomic mass is 9.97. The van der Waals surface area contributed by atoms with Crippen molar-refractivity contribution in [3.8, 4) is 5.75 Å². The van der Waals surface area contributed by atoms with Crippen LogP contribution in [0.5, 0.6) is 5.75 Å². The molecule has 21 heavy (non-hydrogen) atoms. The number of carbonyl (C=O) groups is 2. The first kappa shape index (κ1) is 15.4. The van der Waals surface area contributed by atoms with Crippen molar-refractivity contribution >= 4 is 11.9 Å². The fourth-order valence-electron chi connectivity index (χ4n) is 2.75. The van der Waals surface area contributed by atoms with Gasteiger partial charge >= 0.3 is 5.97 Å². The number of carboxylic acid groups (broad SMARTS) is 1. The Balaban J connectivity index is 1.87. The molecule has 1 aromatic carbocycles. The molecule has 5 heteroatoms. The number of rotatable bonds is 6. The van der Waals surface area contributed by atoms with Gasteiger partial charge in [-0.3, -0.25) is 4.79 Å². The molecular weight excluding hydrogens is 270 g/mol. The van der Waals surface area contributed by atoms with E-state index in [0.29, 0.717) is 25.7 Å². The molecule has 0 spiro atoms. The first-order chi connectivity index (χ1) is 10.1. The minimum Gasteiger partial charge on any atom is -0.497 e. The molecule has 1 saturated carbocycles. The van der Waals surface area contributed by atoms with Crippen molar-refractivity contribution in [2.45, 2.75) is 44.1 Å². The van der Waals surface area contributed by atoms with Crippen LogP contribution >= 0.6 is 0 Å². The molecule has 0 radical (unpaired) electrons. The zero-order chi connectivity index (χ0) is 15.3. The molecule has 5 nitrogen and oxygen atoms in total. The van der Waals surface area contributed by atoms with E-state index in [2.05, 4.69) is 5.32 Å². The van der Waals surface area contributed by atoms with E-state index in [0.717, 1.165) is 24.2 Å². The first-order valence-electron chi connectivity index (χ1n) is 7.23. The summed E-state index contributed by atoms with van der Waals surface area (Å²) in [6.07, 6.45) is 3.64. The molecule has 1 aliphatic carbocycles. The molecule has 0 bridgehead atoms. The quantitative estimate of drug-likeness (QED) is 0.842. The van der Waals surface area contributed by atoms with Crippen LogP contribution in [-0.4, -0.2) is 29.6 Å². The summed E-state index contributed by atoms with van der Waals surface area (Å²) in [7, 11) is 1.61. The summed E-state index contributed by atoms with van der Waals surface area (Å²) in [5.74, 6) is -0.341. The Bertz CT molecular complexity index is 504. The minimum atomic E-state index is -1.04. The summed E-state index contributed by atoms with van der Waals surface area (Å²) >= 11 is 0. The van der Waals surface area contributed by atoms with Crippen LogP contribution in [-0.2, 0) is 16.0 Å². The maximum atomic E-state index is 12.0. The van der Waals surface area contributed by atoms with E-state index in [4.69, 9.17) is 4.74 Å². The largest absolute Gasteiger partial charge is 0.497 e. The van der Waals surface area contributed by atoms with Gasteiger partial charge in [-0.15, -0.1) is 0 Å². The highest BCUT2D eigenvalue weighted by atomic mass is 16.5. The van der Waals surface area contributed by atoms with Gasteiger partial charge < -0.3 is 15.2 Å². The number of hydrogen-bond acceptors (Lipinski definition) is 3. The number of nitrogens with one attached hydrogen (secondary N) is 1. The summed E-state index contributed by atoms with van der Waals surface area (Å²) in [6.45, 7) is 0. The predicted octanol–water partition coefficient (Wildman–Crippen LogP) is 2.14. The van der Waals surface area contributed by atoms with Gasteiger partial charge in [0.2, 0.25) is 5.91 Å². The molecular formula is C16H21NO4. The number of benzene rings is 1. The van der Waals surface area contributed by atoms with Crippen LogP contribution < -0.4 is 10.1 Å². The fourth-order valence-corrected chi connectivity index (χ4v) is 2.75. The average molecular weight is 291 g/mol. The Morgan fingerprint density at radius 2 is 1.86 bits per heavy atom. The van der Waals surface area contributed by atoms with Crippen molar-refractivity contribution in [2.24, 2.45) is 0 Å². The van der Waals surface area contributed by atoms with Gasteiger partial charge in [0, 0.05) is 6.42 Å². The molecule has 1 amide bonds. The number of aryl methyl sites for hydroxylation is 1. The van der Waals surface area contributed by atoms with E-state index < -0.39 is 11.5 Å². The van der Waals surface area contributed by atoms with Crippen LogP contribution in [0.3, 0.4) is 0 Å². The second-order valence-electron chi connectivity index (χ2n) is 5.49. The van der Waals surface area contributed by atoms with Crippen molar-refractivity contribution in [3.63, 3.8) is 0 Å². The maximum Gasteiger partial charge on any atom is 0.329 e. The van der Waals surface area contributed by atoms with Crippen LogP contribution in [0.1, 0.15) is 37.7 Å². The Labute approximate surface area is 124 Å². The number of hydrogen-bond donors (Lipinski definition) is 2. The van der Waals surface area contributed by atoms with Crippen LogP contribution in [0, 0.1) is 0 Å². The molecule has 1 aromatic rings. The van der Waals surface area contributed by atoms with Crippen molar-refractivity contribution in [3.05, 3.63) is 29.8 Å². The number of carbonyl (C=O) groups excluding carboxylic acids is 1. The highest BCUT2D eigenvalue weighted by Gasteiger charge is 2.42. The molecule has 0 unspecified atom stereocenters. The second-order valence-corrected chi connectivity index (χ2v) is 5.49. The summed E-state index contributed by atoms with van der Waals surface area (Å²) in [4.78, 5) is 23.4. The average Bonchev–Trinajstić information content (AvgIpc) is 2.95. The molecule has 0 atom stereocenters. The van der Waals surface area contributed by atoms with E-state index in [1.165, 1.54) is 0 Å². The molecule has 0 heterocycles. The molecule has 0 aromatic heterocycles. The zero-order valence-corrected chi connectivity index (χ0v) is 12.2. The van der Waals surface area contributed by atoms with Crippen LogP contribution in [0.25, 0.3) is 0 Å². The van der Waals surface area contributed by atoms with Gasteiger partial charge in [-0.1, -0.05) is 25.0 Å². The van der Waals surface area contributed by atoms with Crippen molar-refractivity contribution in [1.29, 1.82) is 0 Å². The lowest BCUT2D eigenvalue weighted by molar-refractivity contribution is -0.147. The number of carboxylic acids is 1. The minimum absolute atomic E-state index is 0.199. The van der Waals surface area contributed by atoms with Crippen LogP contribution in [0.4, 0.5) is 0 Å². The summed E-state index contributed by atoms with van der Waals surface area (Å²) in [5.41, 5.74) is -0.0153. The maximum absolute atomic E-state index is 12.0. The van der Waals surface area contributed by atoms with Gasteiger partial charge in [0.25, 0.3) is 0 Å². The molecule has 2 N–H and O–H groups in total. The van der Waals surface area contributed by atoms with E-state index in [9.17, 15) is 14.7 Å². The normalized spacial score (nSPS) is 16.4. The zero-order valence-electron chi connectivity index (χ0n) is 12.2. The Morgan fingerprint density at radius 3 is 2.38 bits per heavy atom. The lowest BCUT2D eigenvalue weighted by Gasteiger charge is -2.25. The van der Waals surface area contributed by atoms with Gasteiger partial charge in [0.15, 0.2) is 0 Å². The Morgan fingerprint density at radius 1 is 1.24 bits per heavy atom. The SMILES string of the molecule is COc1ccc(CCC(=O)NC2(C(=O)O)CCCC2)cc1. The van der Waals surface area contributed by atoms with Crippen molar-refractivity contribution in [2.75, 3.05) is 7.11 Å². The van der Waals surface area contributed by atoms with E-state index in [-0.39, 0.29) is 5.91 Å². The van der Waals surface area contributed by atoms with E-state index in [1.54, 1.807) is 7.11 Å². The third kappa shape index (κ3) is 3.74. The number of methoxy groups -OCH3 is 1. The highest BCUT2D eigenvalue weighted by Crippen LogP contribution is 2.30. The van der Waals surface area contributed by atoms with Gasteiger partial charge in [-0.05, 0) is 37.0 Å². The van der Waals surface area contributed by atoms with Crippen molar-refractivity contribution < 1.29 is 19.4 Å². The lowest BCUT2D eigenvalue weighted by Crippen LogP contribution is -2.52. The fraction of sp³-hybridized carbons (Fsp3) is 0.500. The topological polar surface area (TPSA) is 75.6 Å². The summed E-state index contributed by atoms with van der Waals surface area (Å²) < 4.78 is 5.08. The van der Waals surface area contributed by atoms with Crippen molar-refractivity contribution in [1.82, 2.24) is 5.32 Å². The third-order valence-electron chi connectivity index (χ3n) is 4.04. The monoisotopic (exact) mass is 291 g/mol. The van der Waals surface area contributed by atoms with Gasteiger partial charge in [0.1, 0.15) is 11.3 Å². The van der Waals surface area contributed by atoms with E-state index >= 15 is 0 Å². The van der Waals surface area contributed by atoms with Gasteiger partial charge in [-0.2, -0.15) is 0 Å². The molecule has 114 valence electrons. The van der Waals surface area contributed by atoms with Gasteiger partial charge in [-0.25, -0.2) is 4.79 Å². The number of ether oxygens (including phenoxy) is 1. The molecule has 1 fully saturated rings. The molecule has 0 aliphatic heterocycles. The number of amides is 1. The van der Waals surface area contributed by atoms with E-state index in [1.807, 2.05) is 24.3 Å². The summed E-state index contributed by atoms with van der Waals surface area (Å²) in [6, 6.07) is 7.52. The second kappa shape index (κ2) is 6.61. The van der Waals surface area contributed by atoms with Gasteiger partial charge in [0.05, 0.1) is 7.11 Å².